The average molecular weight is 422 g/mol. The summed E-state index contributed by atoms with van der Waals surface area (Å²) in [6.07, 6.45) is 2.19. The van der Waals surface area contributed by atoms with Crippen molar-refractivity contribution in [3.05, 3.63) is 53.1 Å². The van der Waals surface area contributed by atoms with Crippen LogP contribution in [0.5, 0.6) is 5.75 Å². The molecule has 0 saturated carbocycles. The Bertz CT molecular complexity index is 915. The summed E-state index contributed by atoms with van der Waals surface area (Å²) in [7, 11) is 0. The molecule has 0 aliphatic carbocycles. The Morgan fingerprint density at radius 2 is 1.81 bits per heavy atom. The summed E-state index contributed by atoms with van der Waals surface area (Å²) in [4.78, 5) is 2.54. The molecule has 3 aliphatic heterocycles. The third-order valence-corrected chi connectivity index (χ3v) is 7.13. The highest BCUT2D eigenvalue weighted by molar-refractivity contribution is 5.76. The van der Waals surface area contributed by atoms with Gasteiger partial charge in [-0.05, 0) is 47.6 Å². The molecule has 0 bridgehead atoms. The summed E-state index contributed by atoms with van der Waals surface area (Å²) in [6.45, 7) is 12.6. The first-order chi connectivity index (χ1) is 15.1. The minimum atomic E-state index is -0.0470. The Morgan fingerprint density at radius 1 is 1.00 bits per heavy atom. The third kappa shape index (κ3) is 4.45. The SMILES string of the molecule is CC1(C)c2ccc(OCC3CCOCC3)cc2Nc2ccc(CN3CCNCC3)cc21. The van der Waals surface area contributed by atoms with E-state index in [4.69, 9.17) is 9.47 Å². The number of ether oxygens (including phenoxy) is 2. The highest BCUT2D eigenvalue weighted by Crippen LogP contribution is 2.46. The van der Waals surface area contributed by atoms with Crippen LogP contribution in [0, 0.1) is 5.92 Å². The summed E-state index contributed by atoms with van der Waals surface area (Å²) in [5, 5.41) is 7.12. The summed E-state index contributed by atoms with van der Waals surface area (Å²) in [5.41, 5.74) is 6.44. The van der Waals surface area contributed by atoms with Gasteiger partial charge in [-0.15, -0.1) is 0 Å². The van der Waals surface area contributed by atoms with Crippen molar-refractivity contribution in [1.29, 1.82) is 0 Å². The van der Waals surface area contributed by atoms with Crippen LogP contribution in [0.3, 0.4) is 0 Å². The number of benzene rings is 2. The van der Waals surface area contributed by atoms with Crippen molar-refractivity contribution < 1.29 is 9.47 Å². The van der Waals surface area contributed by atoms with E-state index in [1.54, 1.807) is 0 Å². The number of fused-ring (bicyclic) bond motifs is 2. The number of nitrogens with one attached hydrogen (secondary N) is 2. The van der Waals surface area contributed by atoms with Gasteiger partial charge in [0.25, 0.3) is 0 Å². The molecule has 5 heteroatoms. The van der Waals surface area contributed by atoms with E-state index in [0.29, 0.717) is 5.92 Å². The maximum Gasteiger partial charge on any atom is 0.121 e. The zero-order chi connectivity index (χ0) is 21.3. The second-order valence-corrected chi connectivity index (χ2v) is 9.73. The Labute approximate surface area is 186 Å². The zero-order valence-electron chi connectivity index (χ0n) is 18.9. The van der Waals surface area contributed by atoms with E-state index >= 15 is 0 Å². The van der Waals surface area contributed by atoms with Gasteiger partial charge in [0.2, 0.25) is 0 Å². The fraction of sp³-hybridized carbons (Fsp3) is 0.538. The number of rotatable bonds is 5. The maximum absolute atomic E-state index is 6.17. The fourth-order valence-corrected chi connectivity index (χ4v) is 5.12. The average Bonchev–Trinajstić information content (AvgIpc) is 2.79. The van der Waals surface area contributed by atoms with Crippen LogP contribution in [-0.4, -0.2) is 50.9 Å². The maximum atomic E-state index is 6.17. The number of hydrogen-bond donors (Lipinski definition) is 2. The highest BCUT2D eigenvalue weighted by Gasteiger charge is 2.33. The molecule has 2 fully saturated rings. The van der Waals surface area contributed by atoms with Crippen molar-refractivity contribution in [2.75, 3.05) is 51.3 Å². The van der Waals surface area contributed by atoms with Crippen LogP contribution in [-0.2, 0) is 16.7 Å². The highest BCUT2D eigenvalue weighted by atomic mass is 16.5. The van der Waals surface area contributed by atoms with E-state index in [9.17, 15) is 0 Å². The Kier molecular flexibility index (Phi) is 5.91. The lowest BCUT2D eigenvalue weighted by molar-refractivity contribution is 0.0497. The minimum Gasteiger partial charge on any atom is -0.493 e. The molecule has 5 nitrogen and oxygen atoms in total. The third-order valence-electron chi connectivity index (χ3n) is 7.13. The summed E-state index contributed by atoms with van der Waals surface area (Å²) in [5.74, 6) is 1.55. The number of anilines is 2. The largest absolute Gasteiger partial charge is 0.493 e. The normalized spacial score (nSPS) is 21.1. The Morgan fingerprint density at radius 3 is 2.61 bits per heavy atom. The van der Waals surface area contributed by atoms with Crippen molar-refractivity contribution in [3.63, 3.8) is 0 Å². The molecule has 2 aromatic carbocycles. The first kappa shape index (κ1) is 20.8. The molecule has 0 unspecified atom stereocenters. The van der Waals surface area contributed by atoms with E-state index in [2.05, 4.69) is 65.8 Å². The molecule has 3 aliphatic rings. The van der Waals surface area contributed by atoms with Crippen molar-refractivity contribution in [3.8, 4) is 5.75 Å². The molecule has 2 N–H and O–H groups in total. The van der Waals surface area contributed by atoms with Gasteiger partial charge in [0.1, 0.15) is 5.75 Å². The van der Waals surface area contributed by atoms with Gasteiger partial charge in [-0.3, -0.25) is 4.90 Å². The second kappa shape index (κ2) is 8.81. The fourth-order valence-electron chi connectivity index (χ4n) is 5.12. The van der Waals surface area contributed by atoms with Gasteiger partial charge in [-0.2, -0.15) is 0 Å². The molecule has 31 heavy (non-hydrogen) atoms. The molecule has 0 radical (unpaired) electrons. The Hall–Kier alpha value is -2.08. The number of hydrogen-bond acceptors (Lipinski definition) is 5. The van der Waals surface area contributed by atoms with Gasteiger partial charge >= 0.3 is 0 Å². The van der Waals surface area contributed by atoms with Crippen LogP contribution in [0.15, 0.2) is 36.4 Å². The molecule has 0 aromatic heterocycles. The lowest BCUT2D eigenvalue weighted by Gasteiger charge is -2.36. The first-order valence-corrected chi connectivity index (χ1v) is 11.8. The molecule has 2 aromatic rings. The Balaban J connectivity index is 1.33. The smallest absolute Gasteiger partial charge is 0.121 e. The predicted octanol–water partition coefficient (Wildman–Crippen LogP) is 4.28. The first-order valence-electron chi connectivity index (χ1n) is 11.8. The van der Waals surface area contributed by atoms with Crippen LogP contribution in [0.4, 0.5) is 11.4 Å². The van der Waals surface area contributed by atoms with Crippen LogP contribution >= 0.6 is 0 Å². The van der Waals surface area contributed by atoms with Crippen LogP contribution in [0.1, 0.15) is 43.4 Å². The van der Waals surface area contributed by atoms with Crippen LogP contribution < -0.4 is 15.4 Å². The molecule has 2 saturated heterocycles. The molecular weight excluding hydrogens is 386 g/mol. The van der Waals surface area contributed by atoms with Gasteiger partial charge in [0.05, 0.1) is 6.61 Å². The molecule has 0 spiro atoms. The van der Waals surface area contributed by atoms with Crippen molar-refractivity contribution in [2.45, 2.75) is 38.6 Å². The van der Waals surface area contributed by atoms with Crippen LogP contribution in [0.2, 0.25) is 0 Å². The van der Waals surface area contributed by atoms with Crippen molar-refractivity contribution >= 4 is 11.4 Å². The second-order valence-electron chi connectivity index (χ2n) is 9.73. The van der Waals surface area contributed by atoms with Crippen molar-refractivity contribution in [1.82, 2.24) is 10.2 Å². The summed E-state index contributed by atoms with van der Waals surface area (Å²) < 4.78 is 11.6. The van der Waals surface area contributed by atoms with E-state index < -0.39 is 0 Å². The zero-order valence-corrected chi connectivity index (χ0v) is 18.9. The van der Waals surface area contributed by atoms with E-state index in [-0.39, 0.29) is 5.41 Å². The molecule has 3 heterocycles. The predicted molar refractivity (Wildman–Crippen MR) is 125 cm³/mol. The van der Waals surface area contributed by atoms with Gasteiger partial charge in [0, 0.05) is 68.8 Å². The van der Waals surface area contributed by atoms with Gasteiger partial charge in [0.15, 0.2) is 0 Å². The van der Waals surface area contributed by atoms with Crippen LogP contribution in [0.25, 0.3) is 0 Å². The molecule has 0 amide bonds. The summed E-state index contributed by atoms with van der Waals surface area (Å²) in [6, 6.07) is 13.5. The summed E-state index contributed by atoms with van der Waals surface area (Å²) >= 11 is 0. The molecular formula is C26H35N3O2. The van der Waals surface area contributed by atoms with E-state index in [1.165, 1.54) is 22.4 Å². The van der Waals surface area contributed by atoms with Gasteiger partial charge in [-0.1, -0.05) is 32.0 Å². The molecule has 5 rings (SSSR count). The van der Waals surface area contributed by atoms with Gasteiger partial charge < -0.3 is 20.1 Å². The van der Waals surface area contributed by atoms with E-state index in [1.807, 2.05) is 0 Å². The molecule has 166 valence electrons. The quantitative estimate of drug-likeness (QED) is 0.755. The van der Waals surface area contributed by atoms with Gasteiger partial charge in [-0.25, -0.2) is 0 Å². The standard InChI is InChI=1S/C26H35N3O2/c1-26(2)22-5-4-21(31-18-19-7-13-30-14-8-19)16-25(22)28-24-6-3-20(15-23(24)26)17-29-11-9-27-10-12-29/h3-6,15-16,19,27-28H,7-14,17-18H2,1-2H3. The van der Waals surface area contributed by atoms with Crippen molar-refractivity contribution in [2.24, 2.45) is 5.92 Å². The number of nitrogens with zero attached hydrogens (tertiary/aromatic N) is 1. The van der Waals surface area contributed by atoms with E-state index in [0.717, 1.165) is 76.8 Å². The topological polar surface area (TPSA) is 45.8 Å². The monoisotopic (exact) mass is 421 g/mol. The number of piperazine rings is 1. The lowest BCUT2D eigenvalue weighted by atomic mass is 9.74. The minimum absolute atomic E-state index is 0.0470. The molecule has 0 atom stereocenters. The lowest BCUT2D eigenvalue weighted by Crippen LogP contribution is -2.42.